The molecule has 13 heteroatoms. The summed E-state index contributed by atoms with van der Waals surface area (Å²) in [5.41, 5.74) is -1.05. The number of hydrogen-bond acceptors (Lipinski definition) is 7. The standard InChI is InChI=1S/C25H34O6.2Na.H3O4P.2H/c1-4-5-21-30-20-11-17-16-7-6-14-10-15(27)8-9-23(14,2)22(16)18(28)12-24(17,3)25(20,31-21)19(29)13-26;;;1-5(2,3)4;;/h8-10,16-18,20-22,26,28H,4-7,11-13H2,1-3H3;;;(H3,1,2,3,4);;/t16-,17-,18-,20+,21?,22+,23-,24-,25+;;;;;/m0...../s1. The van der Waals surface area contributed by atoms with Crippen molar-refractivity contribution < 1.29 is 48.5 Å². The summed E-state index contributed by atoms with van der Waals surface area (Å²) in [6, 6.07) is 0. The molecule has 4 aliphatic carbocycles. The van der Waals surface area contributed by atoms with Gasteiger partial charge < -0.3 is 34.4 Å². The maximum atomic E-state index is 13.2. The third kappa shape index (κ3) is 5.84. The van der Waals surface area contributed by atoms with Crippen LogP contribution in [-0.4, -0.2) is 126 Å². The molecular formula is C25H39Na2O10P. The Hall–Kier alpha value is 0.770. The summed E-state index contributed by atoms with van der Waals surface area (Å²) in [6.07, 6.45) is 8.31. The van der Waals surface area contributed by atoms with Crippen molar-refractivity contribution in [3.05, 3.63) is 23.8 Å². The van der Waals surface area contributed by atoms with Crippen molar-refractivity contribution in [2.75, 3.05) is 6.61 Å². The Labute approximate surface area is 267 Å². The summed E-state index contributed by atoms with van der Waals surface area (Å²) in [7, 11) is -4.64. The molecule has 0 radical (unpaired) electrons. The summed E-state index contributed by atoms with van der Waals surface area (Å²) < 4.78 is 21.5. The Morgan fingerprint density at radius 3 is 2.42 bits per heavy atom. The van der Waals surface area contributed by atoms with Gasteiger partial charge in [0.15, 0.2) is 23.5 Å². The molecule has 3 saturated carbocycles. The van der Waals surface area contributed by atoms with Crippen LogP contribution in [-0.2, 0) is 23.6 Å². The van der Waals surface area contributed by atoms with Crippen LogP contribution in [0.5, 0.6) is 0 Å². The normalized spacial score (nSPS) is 42.6. The van der Waals surface area contributed by atoms with Gasteiger partial charge in [-0.15, -0.1) is 0 Å². The van der Waals surface area contributed by atoms with Crippen molar-refractivity contribution in [2.45, 2.75) is 83.4 Å². The van der Waals surface area contributed by atoms with Crippen molar-refractivity contribution >= 4 is 78.5 Å². The predicted molar refractivity (Wildman–Crippen MR) is 141 cm³/mol. The summed E-state index contributed by atoms with van der Waals surface area (Å²) in [4.78, 5) is 46.8. The summed E-state index contributed by atoms with van der Waals surface area (Å²) in [6.45, 7) is 5.67. The second kappa shape index (κ2) is 12.6. The van der Waals surface area contributed by atoms with E-state index in [9.17, 15) is 19.8 Å². The van der Waals surface area contributed by atoms with Gasteiger partial charge in [0.05, 0.1) is 12.2 Å². The molecule has 1 saturated heterocycles. The Morgan fingerprint density at radius 1 is 1.21 bits per heavy atom. The molecule has 1 unspecified atom stereocenters. The molecule has 5 aliphatic rings. The van der Waals surface area contributed by atoms with Gasteiger partial charge in [0, 0.05) is 16.7 Å². The molecule has 1 heterocycles. The topological polar surface area (TPSA) is 171 Å². The third-order valence-corrected chi connectivity index (χ3v) is 9.37. The van der Waals surface area contributed by atoms with Gasteiger partial charge in [0.2, 0.25) is 0 Å². The molecule has 10 nitrogen and oxygen atoms in total. The zero-order valence-corrected chi connectivity index (χ0v) is 21.8. The molecule has 0 amide bonds. The van der Waals surface area contributed by atoms with Crippen LogP contribution in [0.2, 0.25) is 0 Å². The van der Waals surface area contributed by atoms with Crippen LogP contribution in [0.25, 0.3) is 0 Å². The van der Waals surface area contributed by atoms with Gasteiger partial charge in [-0.25, -0.2) is 4.57 Å². The second-order valence-corrected chi connectivity index (χ2v) is 12.3. The number of rotatable bonds is 4. The number of aliphatic hydroxyl groups is 2. The van der Waals surface area contributed by atoms with Crippen LogP contribution in [0.3, 0.4) is 0 Å². The SMILES string of the molecule is CCCC1O[C@@H]2C[C@H]3[C@@H]4CCC5=CC(=O)C=C[C@]5(C)[C@H]4[C@@H](O)C[C@]3(C)[C@]2(C(=O)CO)O1.O=P(O)(O)O.[NaH].[NaH]. The molecule has 38 heavy (non-hydrogen) atoms. The van der Waals surface area contributed by atoms with Gasteiger partial charge in [-0.1, -0.05) is 38.8 Å². The molecule has 1 aliphatic heterocycles. The number of ether oxygens (including phenoxy) is 2. The van der Waals surface area contributed by atoms with Crippen molar-refractivity contribution in [3.63, 3.8) is 0 Å². The molecule has 0 aromatic carbocycles. The van der Waals surface area contributed by atoms with E-state index in [2.05, 4.69) is 20.8 Å². The maximum absolute atomic E-state index is 13.2. The van der Waals surface area contributed by atoms with E-state index in [0.717, 1.165) is 24.8 Å². The number of hydrogen-bond donors (Lipinski definition) is 5. The molecule has 206 valence electrons. The third-order valence-electron chi connectivity index (χ3n) is 9.37. The van der Waals surface area contributed by atoms with Crippen LogP contribution in [0.1, 0.15) is 59.3 Å². The minimum atomic E-state index is -4.64. The summed E-state index contributed by atoms with van der Waals surface area (Å²) in [5, 5.41) is 21.4. The van der Waals surface area contributed by atoms with E-state index in [1.165, 1.54) is 0 Å². The quantitative estimate of drug-likeness (QED) is 0.234. The second-order valence-electron chi connectivity index (χ2n) is 11.2. The number of ketones is 2. The monoisotopic (exact) mass is 576 g/mol. The Morgan fingerprint density at radius 2 is 1.84 bits per heavy atom. The average molecular weight is 577 g/mol. The molecule has 9 atom stereocenters. The minimum absolute atomic E-state index is 0. The van der Waals surface area contributed by atoms with Gasteiger partial charge in [-0.2, -0.15) is 0 Å². The predicted octanol–water partition coefficient (Wildman–Crippen LogP) is 0.491. The van der Waals surface area contributed by atoms with E-state index >= 15 is 0 Å². The fourth-order valence-corrected chi connectivity index (χ4v) is 8.12. The summed E-state index contributed by atoms with van der Waals surface area (Å²) >= 11 is 0. The van der Waals surface area contributed by atoms with Gasteiger partial charge in [0.1, 0.15) is 6.61 Å². The van der Waals surface area contributed by atoms with Crippen molar-refractivity contribution in [1.29, 1.82) is 0 Å². The van der Waals surface area contributed by atoms with Crippen molar-refractivity contribution in [2.24, 2.45) is 28.6 Å². The van der Waals surface area contributed by atoms with Gasteiger partial charge in [0.25, 0.3) is 0 Å². The first kappa shape index (κ1) is 35.0. The molecule has 5 rings (SSSR count). The van der Waals surface area contributed by atoms with Crippen molar-refractivity contribution in [3.8, 4) is 0 Å². The van der Waals surface area contributed by atoms with E-state index < -0.39 is 43.9 Å². The fraction of sp³-hybridized carbons (Fsp3) is 0.760. The van der Waals surface area contributed by atoms with Crippen molar-refractivity contribution in [1.82, 2.24) is 0 Å². The number of Topliss-reactive ketones (excluding diaryl/α,β-unsaturated/α-hetero) is 1. The Kier molecular flexibility index (Phi) is 11.6. The van der Waals surface area contributed by atoms with Crippen LogP contribution in [0, 0.1) is 28.6 Å². The molecule has 0 bridgehead atoms. The fourth-order valence-electron chi connectivity index (χ4n) is 8.12. The first-order valence-corrected chi connectivity index (χ1v) is 14.2. The zero-order valence-electron chi connectivity index (χ0n) is 20.9. The first-order chi connectivity index (χ1) is 16.7. The number of fused-ring (bicyclic) bond motifs is 7. The number of carbonyl (C=O) groups is 2. The number of aliphatic hydroxyl groups excluding tert-OH is 2. The Bertz CT molecular complexity index is 1020. The van der Waals surface area contributed by atoms with Gasteiger partial charge in [-0.05, 0) is 56.1 Å². The van der Waals surface area contributed by atoms with E-state index in [1.54, 1.807) is 12.2 Å². The van der Waals surface area contributed by atoms with E-state index in [0.29, 0.717) is 19.3 Å². The van der Waals surface area contributed by atoms with E-state index in [1.807, 2.05) is 6.08 Å². The molecular weight excluding hydrogens is 537 g/mol. The van der Waals surface area contributed by atoms with Gasteiger partial charge >= 0.3 is 66.9 Å². The van der Waals surface area contributed by atoms with Crippen LogP contribution in [0.4, 0.5) is 0 Å². The number of phosphoric acid groups is 1. The average Bonchev–Trinajstić information content (AvgIpc) is 3.24. The zero-order chi connectivity index (χ0) is 26.7. The first-order valence-electron chi connectivity index (χ1n) is 12.6. The molecule has 0 spiro atoms. The van der Waals surface area contributed by atoms with Crippen LogP contribution < -0.4 is 0 Å². The molecule has 4 fully saturated rings. The number of allylic oxidation sites excluding steroid dienone is 4. The van der Waals surface area contributed by atoms with E-state index in [-0.39, 0.29) is 93.8 Å². The van der Waals surface area contributed by atoms with Crippen LogP contribution in [0.15, 0.2) is 23.8 Å². The Balaban J connectivity index is 0.000000666. The molecule has 0 aromatic rings. The molecule has 0 aromatic heterocycles. The van der Waals surface area contributed by atoms with E-state index in [4.69, 9.17) is 28.7 Å². The van der Waals surface area contributed by atoms with Gasteiger partial charge in [-0.3, -0.25) is 9.59 Å². The van der Waals surface area contributed by atoms with Crippen LogP contribution >= 0.6 is 7.82 Å². The summed E-state index contributed by atoms with van der Waals surface area (Å²) in [5.74, 6) is 0.0274. The number of carbonyl (C=O) groups excluding carboxylic acids is 2. The molecule has 5 N–H and O–H groups in total.